The van der Waals surface area contributed by atoms with E-state index in [-0.39, 0.29) is 25.0 Å². The number of nitrogens with one attached hydrogen (secondary N) is 1. The van der Waals surface area contributed by atoms with Gasteiger partial charge in [0.05, 0.1) is 0 Å². The van der Waals surface area contributed by atoms with Crippen LogP contribution in [0.5, 0.6) is 0 Å². The maximum absolute atomic E-state index is 12.0. The van der Waals surface area contributed by atoms with Crippen molar-refractivity contribution in [1.82, 2.24) is 5.32 Å². The largest absolute Gasteiger partial charge is 0.445 e. The molecule has 3 N–H and O–H groups in total. The number of carbonyl (C=O) groups is 1. The molecule has 0 saturated carbocycles. The number of benzene rings is 2. The van der Waals surface area contributed by atoms with Gasteiger partial charge in [-0.1, -0.05) is 84.0 Å². The third kappa shape index (κ3) is 6.81. The standard InChI is InChI=1S/C26H37NO4/c1-16(2)20-12-21(17(3)4)24(22(13-20)18(5)6)25(29)23(28)14-27-26(30)31-15-19-10-8-7-9-11-19/h7-13,16-18,23,25,28-29H,14-15H2,1-6H3,(H,27,30). The van der Waals surface area contributed by atoms with E-state index in [1.54, 1.807) is 0 Å². The molecule has 0 aliphatic rings. The number of rotatable bonds is 9. The fourth-order valence-electron chi connectivity index (χ4n) is 3.62. The normalized spacial score (nSPS) is 13.5. The van der Waals surface area contributed by atoms with Crippen molar-refractivity contribution in [2.45, 2.75) is 78.1 Å². The van der Waals surface area contributed by atoms with Gasteiger partial charge in [0.25, 0.3) is 0 Å². The Bertz CT molecular complexity index is 817. The SMILES string of the molecule is CC(C)c1cc(C(C)C)c(C(O)C(O)CNC(=O)OCc2ccccc2)c(C(C)C)c1. The smallest absolute Gasteiger partial charge is 0.407 e. The summed E-state index contributed by atoms with van der Waals surface area (Å²) in [6, 6.07) is 13.6. The first-order chi connectivity index (χ1) is 14.6. The van der Waals surface area contributed by atoms with Crippen LogP contribution < -0.4 is 5.32 Å². The zero-order valence-corrected chi connectivity index (χ0v) is 19.6. The molecule has 0 fully saturated rings. The monoisotopic (exact) mass is 427 g/mol. The predicted octanol–water partition coefficient (Wildman–Crippen LogP) is 5.38. The van der Waals surface area contributed by atoms with Crippen LogP contribution in [0, 0.1) is 0 Å². The highest BCUT2D eigenvalue weighted by atomic mass is 16.5. The number of amides is 1. The molecular formula is C26H37NO4. The van der Waals surface area contributed by atoms with Crippen LogP contribution in [0.1, 0.15) is 93.2 Å². The van der Waals surface area contributed by atoms with Gasteiger partial charge in [0.1, 0.15) is 18.8 Å². The van der Waals surface area contributed by atoms with E-state index in [9.17, 15) is 15.0 Å². The van der Waals surface area contributed by atoms with E-state index in [0.29, 0.717) is 5.92 Å². The molecule has 0 bridgehead atoms. The molecule has 0 heterocycles. The van der Waals surface area contributed by atoms with Crippen molar-refractivity contribution in [1.29, 1.82) is 0 Å². The van der Waals surface area contributed by atoms with Gasteiger partial charge in [-0.3, -0.25) is 0 Å². The molecule has 2 atom stereocenters. The van der Waals surface area contributed by atoms with Gasteiger partial charge in [-0.15, -0.1) is 0 Å². The molecule has 2 rings (SSSR count). The van der Waals surface area contributed by atoms with E-state index in [0.717, 1.165) is 22.3 Å². The lowest BCUT2D eigenvalue weighted by Gasteiger charge is -2.28. The van der Waals surface area contributed by atoms with E-state index in [1.807, 2.05) is 30.3 Å². The van der Waals surface area contributed by atoms with E-state index < -0.39 is 18.3 Å². The predicted molar refractivity (Wildman–Crippen MR) is 124 cm³/mol. The number of hydrogen-bond acceptors (Lipinski definition) is 4. The van der Waals surface area contributed by atoms with Crippen LogP contribution in [0.15, 0.2) is 42.5 Å². The summed E-state index contributed by atoms with van der Waals surface area (Å²) >= 11 is 0. The van der Waals surface area contributed by atoms with Crippen molar-refractivity contribution in [2.75, 3.05) is 6.54 Å². The van der Waals surface area contributed by atoms with Gasteiger partial charge in [0, 0.05) is 6.54 Å². The van der Waals surface area contributed by atoms with E-state index in [2.05, 4.69) is 59.0 Å². The summed E-state index contributed by atoms with van der Waals surface area (Å²) in [4.78, 5) is 12.0. The van der Waals surface area contributed by atoms with Crippen molar-refractivity contribution < 1.29 is 19.7 Å². The Kier molecular flexibility index (Phi) is 9.08. The second kappa shape index (κ2) is 11.3. The second-order valence-electron chi connectivity index (χ2n) is 9.03. The Morgan fingerprint density at radius 3 is 1.94 bits per heavy atom. The summed E-state index contributed by atoms with van der Waals surface area (Å²) in [5, 5.41) is 24.3. The van der Waals surface area contributed by atoms with Crippen molar-refractivity contribution in [3.8, 4) is 0 Å². The highest BCUT2D eigenvalue weighted by Crippen LogP contribution is 2.36. The molecule has 1 amide bonds. The van der Waals surface area contributed by atoms with E-state index in [1.165, 1.54) is 5.56 Å². The highest BCUT2D eigenvalue weighted by Gasteiger charge is 2.27. The number of hydrogen-bond donors (Lipinski definition) is 3. The summed E-state index contributed by atoms with van der Waals surface area (Å²) in [5.41, 5.74) is 4.94. The van der Waals surface area contributed by atoms with Gasteiger partial charge < -0.3 is 20.3 Å². The summed E-state index contributed by atoms with van der Waals surface area (Å²) in [7, 11) is 0. The molecule has 0 aliphatic heterocycles. The molecule has 0 aromatic heterocycles. The molecule has 5 nitrogen and oxygen atoms in total. The molecule has 2 aromatic carbocycles. The van der Waals surface area contributed by atoms with Crippen molar-refractivity contribution in [3.05, 3.63) is 70.3 Å². The van der Waals surface area contributed by atoms with E-state index >= 15 is 0 Å². The third-order valence-electron chi connectivity index (χ3n) is 5.51. The van der Waals surface area contributed by atoms with Crippen LogP contribution in [-0.2, 0) is 11.3 Å². The molecular weight excluding hydrogens is 390 g/mol. The molecule has 170 valence electrons. The van der Waals surface area contributed by atoms with Crippen LogP contribution in [0.2, 0.25) is 0 Å². The first kappa shape index (κ1) is 24.9. The first-order valence-corrected chi connectivity index (χ1v) is 11.1. The van der Waals surface area contributed by atoms with E-state index in [4.69, 9.17) is 4.74 Å². The average Bonchev–Trinajstić information content (AvgIpc) is 2.74. The van der Waals surface area contributed by atoms with Gasteiger partial charge in [0.15, 0.2) is 0 Å². The number of aliphatic hydroxyl groups excluding tert-OH is 2. The van der Waals surface area contributed by atoms with Crippen LogP contribution in [0.25, 0.3) is 0 Å². The quantitative estimate of drug-likeness (QED) is 0.502. The lowest BCUT2D eigenvalue weighted by molar-refractivity contribution is 0.0171. The van der Waals surface area contributed by atoms with Crippen molar-refractivity contribution in [3.63, 3.8) is 0 Å². The Morgan fingerprint density at radius 2 is 1.45 bits per heavy atom. The fourth-order valence-corrected chi connectivity index (χ4v) is 3.62. The number of carbonyl (C=O) groups excluding carboxylic acids is 1. The summed E-state index contributed by atoms with van der Waals surface area (Å²) in [6.45, 7) is 12.7. The Balaban J connectivity index is 2.13. The summed E-state index contributed by atoms with van der Waals surface area (Å²) in [5.74, 6) is 0.751. The fraction of sp³-hybridized carbons (Fsp3) is 0.500. The number of aliphatic hydroxyl groups is 2. The van der Waals surface area contributed by atoms with Crippen molar-refractivity contribution in [2.24, 2.45) is 0 Å². The Labute approximate surface area is 186 Å². The molecule has 0 radical (unpaired) electrons. The molecule has 5 heteroatoms. The number of ether oxygens (including phenoxy) is 1. The van der Waals surface area contributed by atoms with Crippen LogP contribution >= 0.6 is 0 Å². The minimum Gasteiger partial charge on any atom is -0.445 e. The zero-order valence-electron chi connectivity index (χ0n) is 19.6. The van der Waals surface area contributed by atoms with Gasteiger partial charge in [-0.2, -0.15) is 0 Å². The summed E-state index contributed by atoms with van der Waals surface area (Å²) in [6.07, 6.45) is -2.88. The molecule has 0 aliphatic carbocycles. The van der Waals surface area contributed by atoms with Crippen LogP contribution in [0.3, 0.4) is 0 Å². The highest BCUT2D eigenvalue weighted by molar-refractivity contribution is 5.67. The summed E-state index contributed by atoms with van der Waals surface area (Å²) < 4.78 is 5.19. The van der Waals surface area contributed by atoms with Gasteiger partial charge in [-0.05, 0) is 45.6 Å². The minimum absolute atomic E-state index is 0.101. The maximum Gasteiger partial charge on any atom is 0.407 e. The van der Waals surface area contributed by atoms with Gasteiger partial charge in [-0.25, -0.2) is 4.79 Å². The minimum atomic E-state index is -1.15. The van der Waals surface area contributed by atoms with Crippen molar-refractivity contribution >= 4 is 6.09 Å². The average molecular weight is 428 g/mol. The maximum atomic E-state index is 12.0. The third-order valence-corrected chi connectivity index (χ3v) is 5.51. The van der Waals surface area contributed by atoms with Crippen LogP contribution in [-0.4, -0.2) is 29.0 Å². The first-order valence-electron chi connectivity index (χ1n) is 11.1. The zero-order chi connectivity index (χ0) is 23.1. The lowest BCUT2D eigenvalue weighted by atomic mass is 9.81. The molecule has 31 heavy (non-hydrogen) atoms. The number of alkyl carbamates (subject to hydrolysis) is 1. The molecule has 0 saturated heterocycles. The Morgan fingerprint density at radius 1 is 0.903 bits per heavy atom. The molecule has 0 spiro atoms. The Hall–Kier alpha value is -2.37. The van der Waals surface area contributed by atoms with Gasteiger partial charge in [0.2, 0.25) is 0 Å². The second-order valence-corrected chi connectivity index (χ2v) is 9.03. The topological polar surface area (TPSA) is 78.8 Å². The van der Waals surface area contributed by atoms with Gasteiger partial charge >= 0.3 is 6.09 Å². The molecule has 2 unspecified atom stereocenters. The lowest BCUT2D eigenvalue weighted by Crippen LogP contribution is -2.36. The van der Waals surface area contributed by atoms with Crippen LogP contribution in [0.4, 0.5) is 4.79 Å². The molecule has 2 aromatic rings.